The number of amides is 2. The van der Waals surface area contributed by atoms with Crippen molar-refractivity contribution >= 4 is 78.5 Å². The van der Waals surface area contributed by atoms with Crippen molar-refractivity contribution in [2.24, 2.45) is 20.6 Å². The van der Waals surface area contributed by atoms with Crippen LogP contribution in [0.4, 0.5) is 0 Å². The van der Waals surface area contributed by atoms with Crippen molar-refractivity contribution in [3.63, 3.8) is 0 Å². The molecule has 1 radical (unpaired) electrons. The Kier molecular flexibility index (Phi) is 57.2. The molecule has 2 amide bonds. The zero-order valence-corrected chi connectivity index (χ0v) is 58.0. The van der Waals surface area contributed by atoms with Crippen LogP contribution in [-0.4, -0.2) is 473 Å². The zero-order valence-electron chi connectivity index (χ0n) is 55.7. The third-order valence-corrected chi connectivity index (χ3v) is 13.4. The number of carboxylic acid groups (broad SMARTS) is 3. The van der Waals surface area contributed by atoms with E-state index in [1.807, 2.05) is 0 Å². The Morgan fingerprint density at radius 1 is 0.314 bits per heavy atom. The Bertz CT molecular complexity index is 2330. The molecule has 0 aliphatic heterocycles. The van der Waals surface area contributed by atoms with E-state index in [1.54, 1.807) is 0 Å². The van der Waals surface area contributed by atoms with Crippen LogP contribution in [0.5, 0.6) is 0 Å². The monoisotopic (exact) mass is 1680 g/mol. The van der Waals surface area contributed by atoms with E-state index in [-0.39, 0.29) is 45.4 Å². The first-order valence-corrected chi connectivity index (χ1v) is 30.4. The normalized spacial score (nSPS) is 16.4. The van der Waals surface area contributed by atoms with Gasteiger partial charge in [0, 0.05) is 45.8 Å². The molecule has 16 atom stereocenters. The third kappa shape index (κ3) is 45.7. The van der Waals surface area contributed by atoms with E-state index in [9.17, 15) is 140 Å². The first-order chi connectivity index (χ1) is 48.5. The second-order valence-corrected chi connectivity index (χ2v) is 21.5. The summed E-state index contributed by atoms with van der Waals surface area (Å²) in [5.74, 6) is -12.1. The fourth-order valence-corrected chi connectivity index (χ4v) is 7.65. The van der Waals surface area contributed by atoms with Crippen LogP contribution in [-0.2, 0) is 81.4 Å². The fourth-order valence-electron chi connectivity index (χ4n) is 7.65. The van der Waals surface area contributed by atoms with Gasteiger partial charge in [0.15, 0.2) is 0 Å². The van der Waals surface area contributed by atoms with Crippen LogP contribution in [0, 0.1) is 39.9 Å². The summed E-state index contributed by atoms with van der Waals surface area (Å²) >= 11 is 0. The van der Waals surface area contributed by atoms with Gasteiger partial charge in [-0.05, 0) is 0 Å². The standard InChI is InChI=1S/C54H93N9O40.Gd.H2O/c64-22-34(72)51(92)47(88)30(68)13-55-100-26-43(84)96-9-5-62(6-10-97-44(85)27-101-56-14-31(69)48(89)52(93)35(73)23-65)38(76)17-60(20-41(80)81)3-1-59(19-40(78)79)2-4-61(21-42(82)83)18-39(77)63(7-11-98-45(86)28-102-57-15-32(70)49(90)53(94)36(74)24-66)8-12-99-46(87)29-103-58-16-33(71)50(91)54(95)37(75)25-67;;/h13-16,30-37,47-54,64-75,88-95H,1-12,17-29H2,(H,78,79)(H,80,81)(H,82,83);;1H2/q;+3;/p-3/b55-13-,56-14+,57-15+,58-16+;;/t30-,31-,32-,33-,34+,35+,36+,37+,47-,48-,49-,50-,51-,52-,53-,54-;;/m0../s1. The minimum Gasteiger partial charge on any atom is -0.549 e. The first-order valence-electron chi connectivity index (χ1n) is 30.4. The van der Waals surface area contributed by atoms with Gasteiger partial charge in [-0.2, -0.15) is 0 Å². The molecule has 0 rings (SSSR count). The van der Waals surface area contributed by atoms with Crippen LogP contribution < -0.4 is 15.3 Å². The predicted molar refractivity (Wildman–Crippen MR) is 327 cm³/mol. The van der Waals surface area contributed by atoms with Crippen LogP contribution >= 0.6 is 0 Å². The fraction of sp³-hybridized carbons (Fsp3) is 0.759. The van der Waals surface area contributed by atoms with Crippen molar-refractivity contribution in [1.82, 2.24) is 24.5 Å². The van der Waals surface area contributed by atoms with Gasteiger partial charge in [-0.3, -0.25) is 24.3 Å². The molecule has 0 aromatic rings. The molecule has 0 aromatic carbocycles. The molecule has 0 saturated carbocycles. The molecule has 0 aromatic heterocycles. The molecule has 22 N–H and O–H groups in total. The summed E-state index contributed by atoms with van der Waals surface area (Å²) in [6, 6.07) is 0. The van der Waals surface area contributed by atoms with E-state index in [0.717, 1.165) is 24.5 Å². The summed E-state index contributed by atoms with van der Waals surface area (Å²) in [7, 11) is 0. The van der Waals surface area contributed by atoms with Gasteiger partial charge in [0.2, 0.25) is 38.2 Å². The van der Waals surface area contributed by atoms with Crippen molar-refractivity contribution in [3.8, 4) is 0 Å². The van der Waals surface area contributed by atoms with Gasteiger partial charge < -0.3 is 185 Å². The number of aliphatic hydroxyl groups is 20. The van der Waals surface area contributed by atoms with Crippen molar-refractivity contribution in [3.05, 3.63) is 0 Å². The van der Waals surface area contributed by atoms with E-state index in [0.29, 0.717) is 24.9 Å². The maximum Gasteiger partial charge on any atom is 3.00 e. The van der Waals surface area contributed by atoms with E-state index in [2.05, 4.69) is 40.0 Å². The van der Waals surface area contributed by atoms with Crippen molar-refractivity contribution in [2.75, 3.05) is 164 Å². The van der Waals surface area contributed by atoms with Crippen molar-refractivity contribution in [1.29, 1.82) is 0 Å². The second kappa shape index (κ2) is 58.6. The number of hydrogen-bond acceptors (Lipinski definition) is 47. The number of carboxylic acids is 3. The van der Waals surface area contributed by atoms with Crippen molar-refractivity contribution < 1.29 is 244 Å². The predicted octanol–water partition coefficient (Wildman–Crippen LogP) is -22.1. The van der Waals surface area contributed by atoms with Crippen LogP contribution in [0.25, 0.3) is 0 Å². The molecule has 50 nitrogen and oxygen atoms in total. The van der Waals surface area contributed by atoms with Gasteiger partial charge in [0.1, 0.15) is 124 Å². The molecular formula is C54H92GdN9O41. The molecule has 0 saturated heterocycles. The molecule has 51 heteroatoms. The van der Waals surface area contributed by atoms with Crippen LogP contribution in [0.1, 0.15) is 0 Å². The summed E-state index contributed by atoms with van der Waals surface area (Å²) in [6.45, 7) is -19.9. The maximum atomic E-state index is 13.9. The summed E-state index contributed by atoms with van der Waals surface area (Å²) < 4.78 is 20.1. The molecule has 0 spiro atoms. The first kappa shape index (κ1) is 103. The molecule has 0 fully saturated rings. The van der Waals surface area contributed by atoms with Gasteiger partial charge in [-0.25, -0.2) is 19.2 Å². The Labute approximate surface area is 627 Å². The summed E-state index contributed by atoms with van der Waals surface area (Å²) in [4.78, 5) is 137. The topological polar surface area (TPSA) is 798 Å². The van der Waals surface area contributed by atoms with E-state index >= 15 is 0 Å². The SMILES string of the molecule is O.O=C([O-])CN(CCN(CC(=O)[O-])CC(=O)N(CCOC(=O)CO/N=C\[C@H](O)[C@H](O)[C@@H](O)[C@H](O)CO)CCOC(=O)CO/N=C/[C@H](O)[C@H](O)[C@@H](O)[C@H](O)CO)CCN(CC(=O)[O-])CC(=O)N(CCOC(=O)CO/N=C/[C@H](O)[C@H](O)[C@@H](O)[C@H](O)CO)CCOC(=O)CO/N=C/[C@H](O)[C@H](O)[C@@H](O)[C@H](O)CO.[Gd+3]. The average Bonchev–Trinajstić information content (AvgIpc) is 0.854. The number of ether oxygens (including phenoxy) is 4. The third-order valence-electron chi connectivity index (χ3n) is 13.4. The van der Waals surface area contributed by atoms with Gasteiger partial charge in [-0.15, -0.1) is 0 Å². The number of oxime groups is 4. The number of nitrogens with zero attached hydrogens (tertiary/aromatic N) is 9. The van der Waals surface area contributed by atoms with Crippen LogP contribution in [0.15, 0.2) is 20.6 Å². The minimum atomic E-state index is -2.09. The molecule has 0 heterocycles. The summed E-state index contributed by atoms with van der Waals surface area (Å²) in [6.07, 6.45) is -30.0. The van der Waals surface area contributed by atoms with Crippen molar-refractivity contribution in [2.45, 2.75) is 97.7 Å². The van der Waals surface area contributed by atoms with E-state index < -0.39 is 316 Å². The molecule has 105 heavy (non-hydrogen) atoms. The van der Waals surface area contributed by atoms with Gasteiger partial charge in [-0.1, -0.05) is 20.6 Å². The minimum absolute atomic E-state index is 0. The number of aliphatic hydroxyl groups excluding tert-OH is 20. The van der Waals surface area contributed by atoms with Crippen LogP contribution in [0.3, 0.4) is 0 Å². The number of carbonyl (C=O) groups is 9. The largest absolute Gasteiger partial charge is 3.00 e. The Balaban J connectivity index is -0.0000520. The van der Waals surface area contributed by atoms with Gasteiger partial charge >= 0.3 is 63.8 Å². The molecule has 0 aliphatic rings. The number of aliphatic carboxylic acids is 3. The Morgan fingerprint density at radius 3 is 0.714 bits per heavy atom. The van der Waals surface area contributed by atoms with Gasteiger partial charge in [0.05, 0.1) is 108 Å². The molecular weight excluding hydrogens is 1590 g/mol. The average molecular weight is 1680 g/mol. The van der Waals surface area contributed by atoms with Crippen LogP contribution in [0.2, 0.25) is 0 Å². The zero-order chi connectivity index (χ0) is 78.3. The van der Waals surface area contributed by atoms with Gasteiger partial charge in [0.25, 0.3) is 0 Å². The summed E-state index contributed by atoms with van der Waals surface area (Å²) in [5, 5.41) is 241. The Morgan fingerprint density at radius 2 is 0.514 bits per heavy atom. The number of hydrogen-bond donors (Lipinski definition) is 20. The summed E-state index contributed by atoms with van der Waals surface area (Å²) in [5.41, 5.74) is 0. The quantitative estimate of drug-likeness (QED) is 0.0116. The maximum absolute atomic E-state index is 13.9. The molecule has 0 aliphatic carbocycles. The molecule has 0 bridgehead atoms. The van der Waals surface area contributed by atoms with E-state index in [1.165, 1.54) is 0 Å². The van der Waals surface area contributed by atoms with E-state index in [4.69, 9.17) is 39.4 Å². The second-order valence-electron chi connectivity index (χ2n) is 21.5. The number of carbonyl (C=O) groups excluding carboxylic acids is 9. The smallest absolute Gasteiger partial charge is 0.549 e. The molecule has 607 valence electrons. The number of rotatable bonds is 60. The number of esters is 4. The Hall–Kier alpha value is -6.53. The molecule has 0 unspecified atom stereocenters.